The number of ether oxygens (including phenoxy) is 2. The van der Waals surface area contributed by atoms with E-state index in [1.807, 2.05) is 44.2 Å². The number of hydrogen-bond donors (Lipinski definition) is 1. The zero-order valence-electron chi connectivity index (χ0n) is 11.4. The summed E-state index contributed by atoms with van der Waals surface area (Å²) in [6.45, 7) is 4.01. The maximum absolute atomic E-state index is 9.75. The molecule has 0 spiro atoms. The first kappa shape index (κ1) is 12.5. The highest BCUT2D eigenvalue weighted by Gasteiger charge is 2.12. The Kier molecular flexibility index (Phi) is 3.06. The number of aromatic hydroxyl groups is 1. The Morgan fingerprint density at radius 3 is 2.50 bits per heavy atom. The van der Waals surface area contributed by atoms with Crippen LogP contribution in [0.5, 0.6) is 17.2 Å². The third-order valence-electron chi connectivity index (χ3n) is 3.23. The van der Waals surface area contributed by atoms with Crippen LogP contribution in [0, 0.1) is 13.8 Å². The fourth-order valence-corrected chi connectivity index (χ4v) is 2.18. The molecule has 2 aromatic rings. The number of aliphatic imine (C=N–C) groups is 1. The molecule has 0 bridgehead atoms. The molecule has 0 radical (unpaired) electrons. The predicted octanol–water partition coefficient (Wildman–Crippen LogP) is 3.49. The van der Waals surface area contributed by atoms with Crippen LogP contribution in [0.4, 0.5) is 5.69 Å². The molecule has 0 atom stereocenters. The molecule has 1 heterocycles. The van der Waals surface area contributed by atoms with Crippen LogP contribution in [-0.2, 0) is 0 Å². The number of phenols is 1. The van der Waals surface area contributed by atoms with Crippen molar-refractivity contribution in [2.45, 2.75) is 13.8 Å². The number of benzene rings is 2. The lowest BCUT2D eigenvalue weighted by Crippen LogP contribution is -1.92. The van der Waals surface area contributed by atoms with Gasteiger partial charge in [0.1, 0.15) is 5.75 Å². The molecule has 102 valence electrons. The van der Waals surface area contributed by atoms with E-state index >= 15 is 0 Å². The summed E-state index contributed by atoms with van der Waals surface area (Å²) in [4.78, 5) is 4.42. The van der Waals surface area contributed by atoms with Gasteiger partial charge in [-0.2, -0.15) is 0 Å². The van der Waals surface area contributed by atoms with Gasteiger partial charge < -0.3 is 14.6 Å². The second-order valence-electron chi connectivity index (χ2n) is 4.80. The molecular weight excluding hydrogens is 254 g/mol. The van der Waals surface area contributed by atoms with Crippen molar-refractivity contribution in [1.29, 1.82) is 0 Å². The Hall–Kier alpha value is -2.49. The molecule has 0 saturated carbocycles. The Morgan fingerprint density at radius 2 is 1.75 bits per heavy atom. The molecule has 4 nitrogen and oxygen atoms in total. The van der Waals surface area contributed by atoms with Crippen LogP contribution in [0.1, 0.15) is 16.7 Å². The first-order valence-corrected chi connectivity index (χ1v) is 6.37. The molecule has 1 N–H and O–H groups in total. The van der Waals surface area contributed by atoms with Crippen molar-refractivity contribution < 1.29 is 14.6 Å². The highest BCUT2D eigenvalue weighted by atomic mass is 16.7. The second-order valence-corrected chi connectivity index (χ2v) is 4.80. The van der Waals surface area contributed by atoms with Crippen LogP contribution in [0.25, 0.3) is 0 Å². The minimum atomic E-state index is 0.263. The zero-order valence-corrected chi connectivity index (χ0v) is 11.4. The molecule has 0 saturated heterocycles. The van der Waals surface area contributed by atoms with Gasteiger partial charge in [-0.15, -0.1) is 0 Å². The SMILES string of the molecule is Cc1cc(C=Nc2ccc3c(c2)OCO3)cc(C)c1O. The monoisotopic (exact) mass is 269 g/mol. The summed E-state index contributed by atoms with van der Waals surface area (Å²) in [6.07, 6.45) is 1.77. The van der Waals surface area contributed by atoms with Gasteiger partial charge in [0.25, 0.3) is 0 Å². The summed E-state index contributed by atoms with van der Waals surface area (Å²) in [6, 6.07) is 9.38. The van der Waals surface area contributed by atoms with Gasteiger partial charge in [0, 0.05) is 12.3 Å². The van der Waals surface area contributed by atoms with Crippen molar-refractivity contribution in [3.8, 4) is 17.2 Å². The number of rotatable bonds is 2. The minimum Gasteiger partial charge on any atom is -0.507 e. The third-order valence-corrected chi connectivity index (χ3v) is 3.23. The van der Waals surface area contributed by atoms with Gasteiger partial charge in [-0.05, 0) is 54.8 Å². The molecule has 0 aromatic heterocycles. The Balaban J connectivity index is 1.87. The first-order chi connectivity index (χ1) is 9.63. The topological polar surface area (TPSA) is 51.0 Å². The number of hydrogen-bond acceptors (Lipinski definition) is 4. The lowest BCUT2D eigenvalue weighted by Gasteiger charge is -2.04. The molecule has 2 aromatic carbocycles. The van der Waals surface area contributed by atoms with Crippen LogP contribution >= 0.6 is 0 Å². The summed E-state index contributed by atoms with van der Waals surface area (Å²) >= 11 is 0. The fraction of sp³-hybridized carbons (Fsp3) is 0.188. The summed E-state index contributed by atoms with van der Waals surface area (Å²) in [5.41, 5.74) is 3.45. The Bertz CT molecular complexity index is 669. The van der Waals surface area contributed by atoms with E-state index in [2.05, 4.69) is 4.99 Å². The highest BCUT2D eigenvalue weighted by molar-refractivity contribution is 5.83. The molecule has 0 fully saturated rings. The Morgan fingerprint density at radius 1 is 1.05 bits per heavy atom. The number of nitrogens with zero attached hydrogens (tertiary/aromatic N) is 1. The van der Waals surface area contributed by atoms with Crippen molar-refractivity contribution in [2.75, 3.05) is 6.79 Å². The Labute approximate surface area is 117 Å². The minimum absolute atomic E-state index is 0.263. The van der Waals surface area contributed by atoms with Crippen molar-refractivity contribution in [1.82, 2.24) is 0 Å². The smallest absolute Gasteiger partial charge is 0.231 e. The molecule has 1 aliphatic heterocycles. The van der Waals surface area contributed by atoms with Crippen LogP contribution in [0.3, 0.4) is 0 Å². The lowest BCUT2D eigenvalue weighted by atomic mass is 10.1. The van der Waals surface area contributed by atoms with Gasteiger partial charge in [0.15, 0.2) is 11.5 Å². The quantitative estimate of drug-likeness (QED) is 0.849. The maximum Gasteiger partial charge on any atom is 0.231 e. The molecule has 3 rings (SSSR count). The maximum atomic E-state index is 9.75. The van der Waals surface area contributed by atoms with Crippen LogP contribution in [-0.4, -0.2) is 18.1 Å². The van der Waals surface area contributed by atoms with Gasteiger partial charge in [-0.3, -0.25) is 4.99 Å². The summed E-state index contributed by atoms with van der Waals surface area (Å²) in [7, 11) is 0. The van der Waals surface area contributed by atoms with Gasteiger partial charge in [-0.25, -0.2) is 0 Å². The molecule has 0 unspecified atom stereocenters. The van der Waals surface area contributed by atoms with Crippen molar-refractivity contribution in [3.63, 3.8) is 0 Å². The van der Waals surface area contributed by atoms with E-state index in [4.69, 9.17) is 9.47 Å². The van der Waals surface area contributed by atoms with Crippen LogP contribution in [0.2, 0.25) is 0 Å². The van der Waals surface area contributed by atoms with Crippen LogP contribution in [0.15, 0.2) is 35.3 Å². The lowest BCUT2D eigenvalue weighted by molar-refractivity contribution is 0.174. The molecular formula is C16H15NO3. The predicted molar refractivity (Wildman–Crippen MR) is 77.4 cm³/mol. The zero-order chi connectivity index (χ0) is 14.1. The standard InChI is InChI=1S/C16H15NO3/c1-10-5-12(6-11(2)16(10)18)8-17-13-3-4-14-15(7-13)20-9-19-14/h3-8,18H,9H2,1-2H3. The second kappa shape index (κ2) is 4.89. The van der Waals surface area contributed by atoms with Crippen molar-refractivity contribution >= 4 is 11.9 Å². The molecule has 20 heavy (non-hydrogen) atoms. The van der Waals surface area contributed by atoms with E-state index in [0.29, 0.717) is 5.75 Å². The molecule has 1 aliphatic rings. The van der Waals surface area contributed by atoms with Gasteiger partial charge >= 0.3 is 0 Å². The fourth-order valence-electron chi connectivity index (χ4n) is 2.18. The number of phenolic OH excluding ortho intramolecular Hbond substituents is 1. The average molecular weight is 269 g/mol. The molecule has 0 amide bonds. The summed E-state index contributed by atoms with van der Waals surface area (Å²) in [5, 5.41) is 9.75. The normalized spacial score (nSPS) is 13.1. The third kappa shape index (κ3) is 2.32. The van der Waals surface area contributed by atoms with E-state index in [-0.39, 0.29) is 6.79 Å². The average Bonchev–Trinajstić information content (AvgIpc) is 2.89. The van der Waals surface area contributed by atoms with E-state index in [1.165, 1.54) is 0 Å². The van der Waals surface area contributed by atoms with Gasteiger partial charge in [0.2, 0.25) is 6.79 Å². The van der Waals surface area contributed by atoms with Crippen molar-refractivity contribution in [3.05, 3.63) is 47.0 Å². The van der Waals surface area contributed by atoms with Gasteiger partial charge in [0.05, 0.1) is 5.69 Å². The number of aryl methyl sites for hydroxylation is 2. The summed E-state index contributed by atoms with van der Waals surface area (Å²) in [5.74, 6) is 1.81. The molecule has 4 heteroatoms. The van der Waals surface area contributed by atoms with Crippen molar-refractivity contribution in [2.24, 2.45) is 4.99 Å². The largest absolute Gasteiger partial charge is 0.507 e. The highest BCUT2D eigenvalue weighted by Crippen LogP contribution is 2.35. The molecule has 0 aliphatic carbocycles. The van der Waals surface area contributed by atoms with E-state index in [1.54, 1.807) is 6.21 Å². The van der Waals surface area contributed by atoms with E-state index in [9.17, 15) is 5.11 Å². The van der Waals surface area contributed by atoms with Gasteiger partial charge in [-0.1, -0.05) is 0 Å². The van der Waals surface area contributed by atoms with E-state index < -0.39 is 0 Å². The first-order valence-electron chi connectivity index (χ1n) is 6.37. The van der Waals surface area contributed by atoms with E-state index in [0.717, 1.165) is 33.9 Å². The number of fused-ring (bicyclic) bond motifs is 1. The summed E-state index contributed by atoms with van der Waals surface area (Å²) < 4.78 is 10.6. The van der Waals surface area contributed by atoms with Crippen LogP contribution < -0.4 is 9.47 Å².